The van der Waals surface area contributed by atoms with Crippen LogP contribution in [0.25, 0.3) is 0 Å². The molecular weight excluding hydrogens is 542 g/mol. The van der Waals surface area contributed by atoms with Gasteiger partial charge in [-0.05, 0) is 101 Å². The van der Waals surface area contributed by atoms with Crippen LogP contribution in [0.2, 0.25) is 5.02 Å². The third-order valence-electron chi connectivity index (χ3n) is 6.56. The summed E-state index contributed by atoms with van der Waals surface area (Å²) in [6.45, 7) is 10.4. The Balaban J connectivity index is 1.29. The Morgan fingerprint density at radius 2 is 1.54 bits per heavy atom. The maximum atomic E-state index is 12.6. The number of hydrogen-bond donors (Lipinski definition) is 1. The first-order chi connectivity index (χ1) is 19.4. The van der Waals surface area contributed by atoms with E-state index >= 15 is 0 Å². The van der Waals surface area contributed by atoms with E-state index in [9.17, 15) is 4.79 Å². The summed E-state index contributed by atoms with van der Waals surface area (Å²) in [4.78, 5) is 12.6. The molecule has 1 amide bonds. The lowest BCUT2D eigenvalue weighted by Gasteiger charge is -2.44. The summed E-state index contributed by atoms with van der Waals surface area (Å²) >= 11 is 5.96. The monoisotopic (exact) mass is 581 g/mol. The minimum Gasteiger partial charge on any atom is -0.489 e. The fourth-order valence-corrected chi connectivity index (χ4v) is 4.50. The largest absolute Gasteiger partial charge is 0.489 e. The van der Waals surface area contributed by atoms with Gasteiger partial charge in [0.25, 0.3) is 0 Å². The molecule has 0 unspecified atom stereocenters. The molecule has 0 aromatic heterocycles. The van der Waals surface area contributed by atoms with Gasteiger partial charge in [-0.3, -0.25) is 0 Å². The second-order valence-corrected chi connectivity index (χ2v) is 12.3. The van der Waals surface area contributed by atoms with E-state index < -0.39 is 23.0 Å². The zero-order valence-electron chi connectivity index (χ0n) is 24.5. The molecule has 1 saturated heterocycles. The van der Waals surface area contributed by atoms with E-state index in [-0.39, 0.29) is 0 Å². The lowest BCUT2D eigenvalue weighted by atomic mass is 9.92. The zero-order chi connectivity index (χ0) is 29.5. The maximum Gasteiger partial charge on any atom is 0.408 e. The highest BCUT2D eigenvalue weighted by molar-refractivity contribution is 6.30. The average molecular weight is 582 g/mol. The smallest absolute Gasteiger partial charge is 0.408 e. The quantitative estimate of drug-likeness (QED) is 0.261. The SMILES string of the molecule is CC(C)(C)OC(=O)NC1(CCCc2ccc(Oc3cccc(OCc4ccc(Cl)cc4)c3)cc2)COC(C)(C)OC1. The summed E-state index contributed by atoms with van der Waals surface area (Å²) in [6, 6.07) is 23.2. The van der Waals surface area contributed by atoms with E-state index in [0.717, 1.165) is 29.9 Å². The maximum absolute atomic E-state index is 12.6. The summed E-state index contributed by atoms with van der Waals surface area (Å²) < 4.78 is 29.3. The van der Waals surface area contributed by atoms with Crippen LogP contribution in [0.1, 0.15) is 58.6 Å². The molecule has 0 bridgehead atoms. The van der Waals surface area contributed by atoms with E-state index in [4.69, 9.17) is 35.3 Å². The summed E-state index contributed by atoms with van der Waals surface area (Å²) in [5.74, 6) is 1.48. The van der Waals surface area contributed by atoms with Crippen molar-refractivity contribution in [3.05, 3.63) is 88.9 Å². The molecule has 0 aliphatic carbocycles. The second-order valence-electron chi connectivity index (χ2n) is 11.9. The lowest BCUT2D eigenvalue weighted by molar-refractivity contribution is -0.271. The number of aryl methyl sites for hydroxylation is 1. The molecule has 41 heavy (non-hydrogen) atoms. The number of benzene rings is 3. The zero-order valence-corrected chi connectivity index (χ0v) is 25.3. The predicted octanol–water partition coefficient (Wildman–Crippen LogP) is 8.08. The Bertz CT molecular complexity index is 1270. The summed E-state index contributed by atoms with van der Waals surface area (Å²) in [6.07, 6.45) is 1.87. The molecule has 1 heterocycles. The van der Waals surface area contributed by atoms with Gasteiger partial charge in [0.15, 0.2) is 5.79 Å². The molecule has 4 rings (SSSR count). The molecular formula is C33H40ClNO6. The molecule has 0 radical (unpaired) electrons. The normalized spacial score (nSPS) is 16.0. The van der Waals surface area contributed by atoms with Crippen molar-refractivity contribution in [2.24, 2.45) is 0 Å². The standard InChI is InChI=1S/C33H40ClNO6/c1-31(2,3)41-30(36)35-33(22-38-32(4,5)39-23-33)19-7-8-24-13-17-27(18-14-24)40-29-10-6-9-28(20-29)37-21-25-11-15-26(34)16-12-25/h6,9-18,20H,7-8,19,21-23H2,1-5H3,(H,35,36). The molecule has 8 heteroatoms. The van der Waals surface area contributed by atoms with E-state index in [2.05, 4.69) is 17.4 Å². The van der Waals surface area contributed by atoms with Gasteiger partial charge in [0.05, 0.1) is 18.8 Å². The van der Waals surface area contributed by atoms with Gasteiger partial charge in [-0.2, -0.15) is 0 Å². The van der Waals surface area contributed by atoms with Crippen LogP contribution in [0.15, 0.2) is 72.8 Å². The Kier molecular flexibility index (Phi) is 9.84. The summed E-state index contributed by atoms with van der Waals surface area (Å²) in [5.41, 5.74) is 0.968. The van der Waals surface area contributed by atoms with Gasteiger partial charge in [-0.15, -0.1) is 0 Å². The van der Waals surface area contributed by atoms with Gasteiger partial charge in [0.2, 0.25) is 0 Å². The highest BCUT2D eigenvalue weighted by Gasteiger charge is 2.41. The minimum absolute atomic E-state index is 0.356. The predicted molar refractivity (Wildman–Crippen MR) is 160 cm³/mol. The van der Waals surface area contributed by atoms with Crippen molar-refractivity contribution in [2.75, 3.05) is 13.2 Å². The van der Waals surface area contributed by atoms with Crippen molar-refractivity contribution in [1.82, 2.24) is 5.32 Å². The fourth-order valence-electron chi connectivity index (χ4n) is 4.37. The Morgan fingerprint density at radius 3 is 2.20 bits per heavy atom. The fraction of sp³-hybridized carbons (Fsp3) is 0.424. The number of alkyl carbamates (subject to hydrolysis) is 1. The number of halogens is 1. The number of ether oxygens (including phenoxy) is 5. The first-order valence-corrected chi connectivity index (χ1v) is 14.3. The van der Waals surface area contributed by atoms with Crippen LogP contribution in [0.4, 0.5) is 4.79 Å². The van der Waals surface area contributed by atoms with Gasteiger partial charge in [-0.25, -0.2) is 4.79 Å². The van der Waals surface area contributed by atoms with E-state index in [1.807, 2.05) is 95.3 Å². The number of hydrogen-bond acceptors (Lipinski definition) is 6. The number of carbonyl (C=O) groups is 1. The van der Waals surface area contributed by atoms with Gasteiger partial charge in [0.1, 0.15) is 29.5 Å². The molecule has 0 spiro atoms. The summed E-state index contributed by atoms with van der Waals surface area (Å²) in [7, 11) is 0. The highest BCUT2D eigenvalue weighted by atomic mass is 35.5. The van der Waals surface area contributed by atoms with Crippen molar-refractivity contribution < 1.29 is 28.5 Å². The molecule has 0 saturated carbocycles. The third kappa shape index (κ3) is 9.95. The molecule has 0 atom stereocenters. The van der Waals surface area contributed by atoms with Gasteiger partial charge >= 0.3 is 6.09 Å². The molecule has 7 nitrogen and oxygen atoms in total. The van der Waals surface area contributed by atoms with Crippen LogP contribution in [-0.2, 0) is 27.2 Å². The molecule has 1 N–H and O–H groups in total. The van der Waals surface area contributed by atoms with E-state index in [1.54, 1.807) is 0 Å². The first kappa shape index (κ1) is 30.7. The minimum atomic E-state index is -0.683. The molecule has 220 valence electrons. The third-order valence-corrected chi connectivity index (χ3v) is 6.81. The second kappa shape index (κ2) is 13.1. The van der Waals surface area contributed by atoms with Crippen molar-refractivity contribution in [1.29, 1.82) is 0 Å². The number of amides is 1. The van der Waals surface area contributed by atoms with Crippen LogP contribution < -0.4 is 14.8 Å². The van der Waals surface area contributed by atoms with Gasteiger partial charge in [0, 0.05) is 11.1 Å². The molecule has 1 aliphatic heterocycles. The van der Waals surface area contributed by atoms with Crippen molar-refractivity contribution in [3.63, 3.8) is 0 Å². The Hall–Kier alpha value is -3.26. The molecule has 3 aromatic rings. The number of carbonyl (C=O) groups excluding carboxylic acids is 1. The Labute approximate surface area is 248 Å². The van der Waals surface area contributed by atoms with Crippen LogP contribution in [0, 0.1) is 0 Å². The van der Waals surface area contributed by atoms with E-state index in [0.29, 0.717) is 37.0 Å². The molecule has 1 aliphatic rings. The van der Waals surface area contributed by atoms with E-state index in [1.165, 1.54) is 5.56 Å². The van der Waals surface area contributed by atoms with Crippen LogP contribution in [0.3, 0.4) is 0 Å². The van der Waals surface area contributed by atoms with Crippen LogP contribution in [0.5, 0.6) is 17.2 Å². The van der Waals surface area contributed by atoms with Gasteiger partial charge in [-0.1, -0.05) is 41.9 Å². The van der Waals surface area contributed by atoms with Crippen LogP contribution >= 0.6 is 11.6 Å². The Morgan fingerprint density at radius 1 is 0.902 bits per heavy atom. The molecule has 1 fully saturated rings. The number of nitrogens with one attached hydrogen (secondary N) is 1. The van der Waals surface area contributed by atoms with Crippen molar-refractivity contribution >= 4 is 17.7 Å². The molecule has 3 aromatic carbocycles. The van der Waals surface area contributed by atoms with Gasteiger partial charge < -0.3 is 29.0 Å². The lowest BCUT2D eigenvalue weighted by Crippen LogP contribution is -2.61. The summed E-state index contributed by atoms with van der Waals surface area (Å²) in [5, 5.41) is 3.73. The van der Waals surface area contributed by atoms with Crippen LogP contribution in [-0.4, -0.2) is 36.2 Å². The highest BCUT2D eigenvalue weighted by Crippen LogP contribution is 2.29. The first-order valence-electron chi connectivity index (χ1n) is 13.9. The topological polar surface area (TPSA) is 75.3 Å². The number of rotatable bonds is 10. The van der Waals surface area contributed by atoms with Crippen molar-refractivity contribution in [3.8, 4) is 17.2 Å². The van der Waals surface area contributed by atoms with Crippen molar-refractivity contribution in [2.45, 2.75) is 77.4 Å². The average Bonchev–Trinajstić information content (AvgIpc) is 2.90.